The van der Waals surface area contributed by atoms with Gasteiger partial charge in [-0.1, -0.05) is 26.0 Å². The molecule has 0 radical (unpaired) electrons. The summed E-state index contributed by atoms with van der Waals surface area (Å²) in [6, 6.07) is 8.02. The van der Waals surface area contributed by atoms with Crippen molar-refractivity contribution in [3.8, 4) is 11.5 Å². The summed E-state index contributed by atoms with van der Waals surface area (Å²) in [5, 5.41) is 4.23. The molecule has 1 aromatic heterocycles. The molecule has 4 nitrogen and oxygen atoms in total. The first-order chi connectivity index (χ1) is 9.22. The van der Waals surface area contributed by atoms with Crippen molar-refractivity contribution in [3.05, 3.63) is 42.2 Å². The molecule has 1 atom stereocenters. The van der Waals surface area contributed by atoms with Crippen LogP contribution in [0.2, 0.25) is 0 Å². The van der Waals surface area contributed by atoms with Crippen LogP contribution < -0.4 is 10.5 Å². The van der Waals surface area contributed by atoms with Gasteiger partial charge in [0.25, 0.3) is 0 Å². The van der Waals surface area contributed by atoms with E-state index in [4.69, 9.17) is 10.5 Å². The Hall–Kier alpha value is -1.81. The lowest BCUT2D eigenvalue weighted by Crippen LogP contribution is -2.07. The maximum absolute atomic E-state index is 5.98. The lowest BCUT2D eigenvalue weighted by Gasteiger charge is -2.09. The summed E-state index contributed by atoms with van der Waals surface area (Å²) in [5.41, 5.74) is 7.12. The third-order valence-corrected chi connectivity index (χ3v) is 3.05. The number of hydrogen-bond donors (Lipinski definition) is 1. The predicted molar refractivity (Wildman–Crippen MR) is 76.3 cm³/mol. The quantitative estimate of drug-likeness (QED) is 0.863. The van der Waals surface area contributed by atoms with Crippen molar-refractivity contribution in [2.75, 3.05) is 0 Å². The second-order valence-electron chi connectivity index (χ2n) is 4.62. The molecule has 0 saturated carbocycles. The Morgan fingerprint density at radius 1 is 1.21 bits per heavy atom. The largest absolute Gasteiger partial charge is 0.454 e. The molecule has 2 aromatic rings. The van der Waals surface area contributed by atoms with E-state index in [1.54, 1.807) is 6.20 Å². The number of nitrogens with two attached hydrogens (primary N) is 1. The van der Waals surface area contributed by atoms with E-state index in [1.807, 2.05) is 35.1 Å². The predicted octanol–water partition coefficient (Wildman–Crippen LogP) is 3.50. The highest BCUT2D eigenvalue weighted by Crippen LogP contribution is 2.23. The summed E-state index contributed by atoms with van der Waals surface area (Å²) in [5.74, 6) is 1.57. The van der Waals surface area contributed by atoms with Crippen LogP contribution in [0.1, 0.15) is 38.3 Å². The van der Waals surface area contributed by atoms with Crippen LogP contribution >= 0.6 is 0 Å². The van der Waals surface area contributed by atoms with E-state index in [1.165, 1.54) is 0 Å². The molecule has 0 spiro atoms. The molecule has 1 heterocycles. The smallest absolute Gasteiger partial charge is 0.165 e. The van der Waals surface area contributed by atoms with Gasteiger partial charge in [-0.2, -0.15) is 5.10 Å². The van der Waals surface area contributed by atoms with Crippen molar-refractivity contribution < 1.29 is 4.74 Å². The standard InChI is InChI=1S/C15H21N3O/c1-3-9-18-11-14(10-17-18)19-13-7-5-12(6-8-13)15(16)4-2/h5-8,10-11,15H,3-4,9,16H2,1-2H3/t15-/m0/s1. The minimum absolute atomic E-state index is 0.0985. The molecule has 2 rings (SSSR count). The first-order valence-corrected chi connectivity index (χ1v) is 6.78. The molecule has 102 valence electrons. The topological polar surface area (TPSA) is 53.1 Å². The minimum Gasteiger partial charge on any atom is -0.454 e. The third-order valence-electron chi connectivity index (χ3n) is 3.05. The second-order valence-corrected chi connectivity index (χ2v) is 4.62. The van der Waals surface area contributed by atoms with Gasteiger partial charge in [0.05, 0.1) is 12.4 Å². The summed E-state index contributed by atoms with van der Waals surface area (Å²) >= 11 is 0. The number of benzene rings is 1. The lowest BCUT2D eigenvalue weighted by molar-refractivity contribution is 0.480. The summed E-state index contributed by atoms with van der Waals surface area (Å²) in [7, 11) is 0. The number of aromatic nitrogens is 2. The van der Waals surface area contributed by atoms with Gasteiger partial charge in [0.15, 0.2) is 5.75 Å². The van der Waals surface area contributed by atoms with Gasteiger partial charge in [0, 0.05) is 12.6 Å². The van der Waals surface area contributed by atoms with Crippen LogP contribution in [-0.2, 0) is 6.54 Å². The molecular weight excluding hydrogens is 238 g/mol. The molecule has 0 aliphatic rings. The molecule has 0 bridgehead atoms. The second kappa shape index (κ2) is 6.38. The molecule has 4 heteroatoms. The highest BCUT2D eigenvalue weighted by Gasteiger charge is 2.04. The van der Waals surface area contributed by atoms with E-state index >= 15 is 0 Å². The van der Waals surface area contributed by atoms with Crippen LogP contribution in [-0.4, -0.2) is 9.78 Å². The van der Waals surface area contributed by atoms with E-state index in [0.717, 1.165) is 36.4 Å². The van der Waals surface area contributed by atoms with Crippen molar-refractivity contribution in [1.29, 1.82) is 0 Å². The monoisotopic (exact) mass is 259 g/mol. The van der Waals surface area contributed by atoms with Gasteiger partial charge in [-0.25, -0.2) is 0 Å². The van der Waals surface area contributed by atoms with E-state index in [0.29, 0.717) is 0 Å². The average Bonchev–Trinajstić information content (AvgIpc) is 2.86. The van der Waals surface area contributed by atoms with Crippen molar-refractivity contribution in [3.63, 3.8) is 0 Å². The van der Waals surface area contributed by atoms with Crippen LogP contribution in [0.3, 0.4) is 0 Å². The Kier molecular flexibility index (Phi) is 4.58. The zero-order valence-corrected chi connectivity index (χ0v) is 11.5. The van der Waals surface area contributed by atoms with E-state index in [2.05, 4.69) is 18.9 Å². The number of rotatable bonds is 6. The SMILES string of the molecule is CCCn1cc(Oc2ccc([C@@H](N)CC)cc2)cn1. The van der Waals surface area contributed by atoms with E-state index < -0.39 is 0 Å². The number of nitrogens with zero attached hydrogens (tertiary/aromatic N) is 2. The van der Waals surface area contributed by atoms with Gasteiger partial charge in [-0.05, 0) is 30.5 Å². The molecule has 0 saturated heterocycles. The maximum Gasteiger partial charge on any atom is 0.165 e. The van der Waals surface area contributed by atoms with Crippen LogP contribution in [0, 0.1) is 0 Å². The molecular formula is C15H21N3O. The Balaban J connectivity index is 2.02. The Morgan fingerprint density at radius 3 is 2.58 bits per heavy atom. The van der Waals surface area contributed by atoms with E-state index in [9.17, 15) is 0 Å². The molecule has 19 heavy (non-hydrogen) atoms. The summed E-state index contributed by atoms with van der Waals surface area (Å²) in [6.45, 7) is 5.11. The van der Waals surface area contributed by atoms with Gasteiger partial charge in [0.1, 0.15) is 5.75 Å². The van der Waals surface area contributed by atoms with Crippen molar-refractivity contribution >= 4 is 0 Å². The zero-order chi connectivity index (χ0) is 13.7. The molecule has 0 amide bonds. The van der Waals surface area contributed by atoms with Gasteiger partial charge < -0.3 is 10.5 Å². The van der Waals surface area contributed by atoms with Gasteiger partial charge in [-0.15, -0.1) is 0 Å². The van der Waals surface area contributed by atoms with Crippen LogP contribution in [0.25, 0.3) is 0 Å². The van der Waals surface area contributed by atoms with Crippen LogP contribution in [0.15, 0.2) is 36.7 Å². The van der Waals surface area contributed by atoms with Gasteiger partial charge in [0.2, 0.25) is 0 Å². The molecule has 0 fully saturated rings. The van der Waals surface area contributed by atoms with Crippen molar-refractivity contribution in [2.24, 2.45) is 5.73 Å². The normalized spacial score (nSPS) is 12.4. The molecule has 2 N–H and O–H groups in total. The fraction of sp³-hybridized carbons (Fsp3) is 0.400. The first-order valence-electron chi connectivity index (χ1n) is 6.78. The highest BCUT2D eigenvalue weighted by molar-refractivity contribution is 5.32. The Morgan fingerprint density at radius 2 is 1.95 bits per heavy atom. The average molecular weight is 259 g/mol. The fourth-order valence-electron chi connectivity index (χ4n) is 1.90. The molecule has 0 aliphatic heterocycles. The summed E-state index contributed by atoms with van der Waals surface area (Å²) in [4.78, 5) is 0. The zero-order valence-electron chi connectivity index (χ0n) is 11.5. The lowest BCUT2D eigenvalue weighted by atomic mass is 10.1. The minimum atomic E-state index is 0.0985. The number of hydrogen-bond acceptors (Lipinski definition) is 3. The van der Waals surface area contributed by atoms with E-state index in [-0.39, 0.29) is 6.04 Å². The molecule has 1 aromatic carbocycles. The highest BCUT2D eigenvalue weighted by atomic mass is 16.5. The third kappa shape index (κ3) is 3.58. The number of aryl methyl sites for hydroxylation is 1. The number of ether oxygens (including phenoxy) is 1. The van der Waals surface area contributed by atoms with Crippen molar-refractivity contribution in [1.82, 2.24) is 9.78 Å². The first kappa shape index (κ1) is 13.6. The Labute approximate surface area is 114 Å². The summed E-state index contributed by atoms with van der Waals surface area (Å²) < 4.78 is 7.64. The van der Waals surface area contributed by atoms with Crippen LogP contribution in [0.4, 0.5) is 0 Å². The van der Waals surface area contributed by atoms with Crippen molar-refractivity contribution in [2.45, 2.75) is 39.3 Å². The fourth-order valence-corrected chi connectivity index (χ4v) is 1.90. The maximum atomic E-state index is 5.98. The Bertz CT molecular complexity index is 504. The molecule has 0 unspecified atom stereocenters. The van der Waals surface area contributed by atoms with Gasteiger partial charge >= 0.3 is 0 Å². The van der Waals surface area contributed by atoms with Crippen LogP contribution in [0.5, 0.6) is 11.5 Å². The summed E-state index contributed by atoms with van der Waals surface area (Å²) in [6.07, 6.45) is 5.64. The molecule has 0 aliphatic carbocycles. The van der Waals surface area contributed by atoms with Gasteiger partial charge in [-0.3, -0.25) is 4.68 Å².